The molecule has 34 heavy (non-hydrogen) atoms. The molecule has 2 aromatic carbocycles. The van der Waals surface area contributed by atoms with Crippen LogP contribution in [0, 0.1) is 19.8 Å². The monoisotopic (exact) mass is 461 g/mol. The number of benzene rings is 2. The van der Waals surface area contributed by atoms with E-state index >= 15 is 0 Å². The highest BCUT2D eigenvalue weighted by Gasteiger charge is 2.15. The van der Waals surface area contributed by atoms with Gasteiger partial charge in [0.05, 0.1) is 11.7 Å². The number of urea groups is 1. The van der Waals surface area contributed by atoms with E-state index in [9.17, 15) is 9.59 Å². The van der Waals surface area contributed by atoms with E-state index in [0.717, 1.165) is 34.7 Å². The van der Waals surface area contributed by atoms with Crippen LogP contribution >= 0.6 is 0 Å². The van der Waals surface area contributed by atoms with Crippen molar-refractivity contribution < 1.29 is 9.59 Å². The summed E-state index contributed by atoms with van der Waals surface area (Å²) in [5.74, 6) is 0.530. The summed E-state index contributed by atoms with van der Waals surface area (Å²) in [5, 5.41) is 13.3. The first-order valence-electron chi connectivity index (χ1n) is 11.8. The number of nitrogens with zero attached hydrogens (tertiary/aromatic N) is 2. The van der Waals surface area contributed by atoms with Crippen molar-refractivity contribution in [2.45, 2.75) is 60.0 Å². The van der Waals surface area contributed by atoms with Crippen molar-refractivity contribution in [2.24, 2.45) is 5.92 Å². The van der Waals surface area contributed by atoms with Gasteiger partial charge in [0.2, 0.25) is 5.91 Å². The summed E-state index contributed by atoms with van der Waals surface area (Å²) in [7, 11) is 0. The van der Waals surface area contributed by atoms with Gasteiger partial charge in [0, 0.05) is 30.0 Å². The second-order valence-electron chi connectivity index (χ2n) is 9.08. The summed E-state index contributed by atoms with van der Waals surface area (Å²) >= 11 is 0. The number of rotatable bonds is 9. The molecule has 3 N–H and O–H groups in total. The van der Waals surface area contributed by atoms with E-state index in [4.69, 9.17) is 0 Å². The van der Waals surface area contributed by atoms with Gasteiger partial charge in [-0.2, -0.15) is 5.10 Å². The highest BCUT2D eigenvalue weighted by atomic mass is 16.2. The van der Waals surface area contributed by atoms with Gasteiger partial charge in [-0.3, -0.25) is 9.48 Å². The summed E-state index contributed by atoms with van der Waals surface area (Å²) in [6.07, 6.45) is 1.09. The van der Waals surface area contributed by atoms with Crippen molar-refractivity contribution in [3.05, 3.63) is 77.1 Å². The number of nitrogens with one attached hydrogen (secondary N) is 3. The summed E-state index contributed by atoms with van der Waals surface area (Å²) in [5.41, 5.74) is 5.68. The van der Waals surface area contributed by atoms with E-state index in [0.29, 0.717) is 24.4 Å². The van der Waals surface area contributed by atoms with E-state index in [1.165, 1.54) is 0 Å². The van der Waals surface area contributed by atoms with Crippen molar-refractivity contribution >= 4 is 23.3 Å². The minimum absolute atomic E-state index is 0.00681. The molecule has 0 spiro atoms. The van der Waals surface area contributed by atoms with Crippen LogP contribution in [0.2, 0.25) is 0 Å². The minimum atomic E-state index is -0.303. The fraction of sp³-hybridized carbons (Fsp3) is 0.370. The molecule has 0 bridgehead atoms. The lowest BCUT2D eigenvalue weighted by Gasteiger charge is -2.15. The van der Waals surface area contributed by atoms with Gasteiger partial charge < -0.3 is 16.0 Å². The molecule has 0 aliphatic rings. The van der Waals surface area contributed by atoms with Gasteiger partial charge in [-0.05, 0) is 68.5 Å². The Morgan fingerprint density at radius 1 is 0.912 bits per heavy atom. The Morgan fingerprint density at radius 2 is 1.53 bits per heavy atom. The first-order valence-corrected chi connectivity index (χ1v) is 11.8. The van der Waals surface area contributed by atoms with Gasteiger partial charge in [0.25, 0.3) is 0 Å². The van der Waals surface area contributed by atoms with E-state index in [2.05, 4.69) is 41.8 Å². The highest BCUT2D eigenvalue weighted by Crippen LogP contribution is 2.19. The maximum atomic E-state index is 12.6. The number of carbonyl (C=O) groups is 2. The van der Waals surface area contributed by atoms with Crippen LogP contribution in [-0.4, -0.2) is 21.7 Å². The molecule has 0 aliphatic heterocycles. The fourth-order valence-corrected chi connectivity index (χ4v) is 3.93. The molecular formula is C27H35N5O2. The minimum Gasteiger partial charge on any atom is -0.350 e. The molecule has 3 aromatic rings. The van der Waals surface area contributed by atoms with Crippen molar-refractivity contribution in [1.29, 1.82) is 0 Å². The normalized spacial score (nSPS) is 11.8. The van der Waals surface area contributed by atoms with Gasteiger partial charge >= 0.3 is 6.03 Å². The van der Waals surface area contributed by atoms with Gasteiger partial charge in [-0.1, -0.05) is 44.2 Å². The number of carbonyl (C=O) groups excluding carboxylic acids is 2. The number of aryl methyl sites for hydroxylation is 1. The number of anilines is 2. The summed E-state index contributed by atoms with van der Waals surface area (Å²) in [6, 6.07) is 16.3. The highest BCUT2D eigenvalue weighted by molar-refractivity contribution is 5.99. The van der Waals surface area contributed by atoms with Crippen LogP contribution in [-0.2, 0) is 17.8 Å². The molecule has 0 saturated carbocycles. The SMILES string of the molecule is Cc1nn(CC(C)C)c(C)c1CCC(=O)NC(C)c1ccc(NC(=O)Nc2ccccc2)cc1. The van der Waals surface area contributed by atoms with Gasteiger partial charge in [-0.25, -0.2) is 4.79 Å². The summed E-state index contributed by atoms with van der Waals surface area (Å²) in [6.45, 7) is 11.3. The second-order valence-corrected chi connectivity index (χ2v) is 9.08. The van der Waals surface area contributed by atoms with Crippen LogP contribution in [0.25, 0.3) is 0 Å². The van der Waals surface area contributed by atoms with Gasteiger partial charge in [0.1, 0.15) is 0 Å². The van der Waals surface area contributed by atoms with Crippen molar-refractivity contribution in [1.82, 2.24) is 15.1 Å². The molecule has 3 rings (SSSR count). The number of hydrogen-bond acceptors (Lipinski definition) is 3. The zero-order chi connectivity index (χ0) is 24.7. The van der Waals surface area contributed by atoms with Crippen LogP contribution in [0.5, 0.6) is 0 Å². The zero-order valence-corrected chi connectivity index (χ0v) is 20.7. The molecule has 7 nitrogen and oxygen atoms in total. The second kappa shape index (κ2) is 11.5. The molecule has 1 aromatic heterocycles. The summed E-state index contributed by atoms with van der Waals surface area (Å²) in [4.78, 5) is 24.7. The van der Waals surface area contributed by atoms with Gasteiger partial charge in [-0.15, -0.1) is 0 Å². The van der Waals surface area contributed by atoms with E-state index in [1.54, 1.807) is 0 Å². The van der Waals surface area contributed by atoms with E-state index in [1.807, 2.05) is 73.1 Å². The number of amides is 3. The largest absolute Gasteiger partial charge is 0.350 e. The van der Waals surface area contributed by atoms with Crippen LogP contribution in [0.4, 0.5) is 16.2 Å². The Morgan fingerprint density at radius 3 is 2.15 bits per heavy atom. The average molecular weight is 462 g/mol. The van der Waals surface area contributed by atoms with Gasteiger partial charge in [0.15, 0.2) is 0 Å². The molecule has 180 valence electrons. The van der Waals surface area contributed by atoms with Crippen LogP contribution in [0.3, 0.4) is 0 Å². The molecule has 1 heterocycles. The maximum absolute atomic E-state index is 12.6. The molecule has 7 heteroatoms. The Bertz CT molecular complexity index is 1100. The third-order valence-electron chi connectivity index (χ3n) is 5.75. The smallest absolute Gasteiger partial charge is 0.323 e. The Balaban J connectivity index is 1.49. The predicted molar refractivity (Wildman–Crippen MR) is 137 cm³/mol. The molecule has 3 amide bonds. The molecular weight excluding hydrogens is 426 g/mol. The number of aromatic nitrogens is 2. The molecule has 0 fully saturated rings. The number of hydrogen-bond donors (Lipinski definition) is 3. The summed E-state index contributed by atoms with van der Waals surface area (Å²) < 4.78 is 2.05. The van der Waals surface area contributed by atoms with E-state index in [-0.39, 0.29) is 18.0 Å². The molecule has 1 atom stereocenters. The Hall–Kier alpha value is -3.61. The fourth-order valence-electron chi connectivity index (χ4n) is 3.93. The lowest BCUT2D eigenvalue weighted by molar-refractivity contribution is -0.121. The topological polar surface area (TPSA) is 88.1 Å². The Labute approximate surface area is 202 Å². The standard InChI is InChI=1S/C27H35N5O2/c1-18(2)17-32-21(5)25(20(4)31-32)15-16-26(33)28-19(3)22-11-13-24(14-12-22)30-27(34)29-23-9-7-6-8-10-23/h6-14,18-19H,15-17H2,1-5H3,(H,28,33)(H2,29,30,34). The third kappa shape index (κ3) is 6.94. The molecule has 0 radical (unpaired) electrons. The predicted octanol–water partition coefficient (Wildman–Crippen LogP) is 5.61. The first-order chi connectivity index (χ1) is 16.2. The molecule has 0 aliphatic carbocycles. The lowest BCUT2D eigenvalue weighted by atomic mass is 10.1. The first kappa shape index (κ1) is 25.0. The Kier molecular flexibility index (Phi) is 8.46. The van der Waals surface area contributed by atoms with Crippen molar-refractivity contribution in [3.63, 3.8) is 0 Å². The van der Waals surface area contributed by atoms with E-state index < -0.39 is 0 Å². The maximum Gasteiger partial charge on any atom is 0.323 e. The van der Waals surface area contributed by atoms with Crippen LogP contribution in [0.15, 0.2) is 54.6 Å². The van der Waals surface area contributed by atoms with Crippen molar-refractivity contribution in [2.75, 3.05) is 10.6 Å². The molecule has 0 saturated heterocycles. The average Bonchev–Trinajstić information content (AvgIpc) is 3.05. The quantitative estimate of drug-likeness (QED) is 0.387. The zero-order valence-electron chi connectivity index (χ0n) is 20.7. The third-order valence-corrected chi connectivity index (χ3v) is 5.75. The van der Waals surface area contributed by atoms with Crippen molar-refractivity contribution in [3.8, 4) is 0 Å². The molecule has 1 unspecified atom stereocenters. The van der Waals surface area contributed by atoms with Crippen LogP contribution < -0.4 is 16.0 Å². The van der Waals surface area contributed by atoms with Crippen LogP contribution in [0.1, 0.15) is 55.7 Å². The number of para-hydroxylation sites is 1. The lowest BCUT2D eigenvalue weighted by Crippen LogP contribution is -2.27.